The van der Waals surface area contributed by atoms with Gasteiger partial charge in [0.2, 0.25) is 15.9 Å². The fourth-order valence-corrected chi connectivity index (χ4v) is 3.87. The highest BCUT2D eigenvalue weighted by atomic mass is 32.2. The SMILES string of the molecule is COCC(N)C(=O)Nc1cccc(S(=O)(=O)N2CCN(C)CC2)c1. The number of amides is 1. The molecule has 1 aliphatic heterocycles. The van der Waals surface area contributed by atoms with Crippen molar-refractivity contribution in [2.45, 2.75) is 10.9 Å². The molecular weight excluding hydrogens is 332 g/mol. The van der Waals surface area contributed by atoms with Gasteiger partial charge in [0, 0.05) is 39.0 Å². The van der Waals surface area contributed by atoms with Gasteiger partial charge in [0.1, 0.15) is 6.04 Å². The Balaban J connectivity index is 2.13. The van der Waals surface area contributed by atoms with Gasteiger partial charge in [-0.15, -0.1) is 0 Å². The van der Waals surface area contributed by atoms with Crippen LogP contribution in [-0.2, 0) is 19.6 Å². The number of benzene rings is 1. The third-order valence-corrected chi connectivity index (χ3v) is 5.78. The number of nitrogens with two attached hydrogens (primary N) is 1. The minimum absolute atomic E-state index is 0.0884. The van der Waals surface area contributed by atoms with E-state index in [1.807, 2.05) is 7.05 Å². The van der Waals surface area contributed by atoms with Crippen molar-refractivity contribution in [2.75, 3.05) is 52.3 Å². The van der Waals surface area contributed by atoms with E-state index in [1.54, 1.807) is 12.1 Å². The highest BCUT2D eigenvalue weighted by molar-refractivity contribution is 7.89. The Hall–Kier alpha value is -1.52. The predicted molar refractivity (Wildman–Crippen MR) is 91.2 cm³/mol. The zero-order valence-electron chi connectivity index (χ0n) is 13.9. The fourth-order valence-electron chi connectivity index (χ4n) is 2.40. The Morgan fingerprint density at radius 2 is 2.00 bits per heavy atom. The topological polar surface area (TPSA) is 105 Å². The van der Waals surface area contributed by atoms with Crippen LogP contribution in [-0.4, -0.2) is 76.5 Å². The summed E-state index contributed by atoms with van der Waals surface area (Å²) < 4.78 is 31.7. The van der Waals surface area contributed by atoms with Crippen LogP contribution in [0.4, 0.5) is 5.69 Å². The highest BCUT2D eigenvalue weighted by Gasteiger charge is 2.27. The number of nitrogens with zero attached hydrogens (tertiary/aromatic N) is 2. The molecule has 1 aromatic carbocycles. The summed E-state index contributed by atoms with van der Waals surface area (Å²) in [7, 11) is -0.158. The van der Waals surface area contributed by atoms with Gasteiger partial charge in [-0.3, -0.25) is 4.79 Å². The Kier molecular flexibility index (Phi) is 6.30. The maximum absolute atomic E-state index is 12.7. The van der Waals surface area contributed by atoms with E-state index in [0.717, 1.165) is 0 Å². The summed E-state index contributed by atoms with van der Waals surface area (Å²) in [4.78, 5) is 14.2. The minimum atomic E-state index is -3.57. The third kappa shape index (κ3) is 4.52. The molecule has 1 atom stereocenters. The lowest BCUT2D eigenvalue weighted by atomic mass is 10.2. The Labute approximate surface area is 142 Å². The molecular formula is C15H24N4O4S. The van der Waals surface area contributed by atoms with Crippen LogP contribution in [0, 0.1) is 0 Å². The van der Waals surface area contributed by atoms with Crippen molar-refractivity contribution < 1.29 is 17.9 Å². The van der Waals surface area contributed by atoms with Crippen molar-refractivity contribution in [3.8, 4) is 0 Å². The third-order valence-electron chi connectivity index (χ3n) is 3.88. The van der Waals surface area contributed by atoms with Crippen molar-refractivity contribution >= 4 is 21.6 Å². The van der Waals surface area contributed by atoms with Crippen LogP contribution in [0.1, 0.15) is 0 Å². The van der Waals surface area contributed by atoms with Crippen LogP contribution in [0.3, 0.4) is 0 Å². The normalized spacial score (nSPS) is 18.3. The summed E-state index contributed by atoms with van der Waals surface area (Å²) in [6.45, 7) is 2.39. The van der Waals surface area contributed by atoms with Gasteiger partial charge in [0.05, 0.1) is 11.5 Å². The molecule has 2 rings (SSSR count). The summed E-state index contributed by atoms with van der Waals surface area (Å²) in [5, 5.41) is 2.61. The van der Waals surface area contributed by atoms with Crippen LogP contribution < -0.4 is 11.1 Å². The van der Waals surface area contributed by atoms with E-state index >= 15 is 0 Å². The van der Waals surface area contributed by atoms with E-state index in [9.17, 15) is 13.2 Å². The van der Waals surface area contributed by atoms with E-state index < -0.39 is 22.0 Å². The first kappa shape index (κ1) is 18.8. The first-order valence-electron chi connectivity index (χ1n) is 7.68. The van der Waals surface area contributed by atoms with Crippen molar-refractivity contribution in [2.24, 2.45) is 5.73 Å². The zero-order chi connectivity index (χ0) is 17.7. The van der Waals surface area contributed by atoms with E-state index in [1.165, 1.54) is 23.5 Å². The van der Waals surface area contributed by atoms with Gasteiger partial charge in [-0.1, -0.05) is 6.07 Å². The zero-order valence-corrected chi connectivity index (χ0v) is 14.8. The number of carbonyl (C=O) groups is 1. The van der Waals surface area contributed by atoms with E-state index in [2.05, 4.69) is 10.2 Å². The van der Waals surface area contributed by atoms with Gasteiger partial charge < -0.3 is 20.7 Å². The van der Waals surface area contributed by atoms with Crippen molar-refractivity contribution in [1.82, 2.24) is 9.21 Å². The molecule has 0 saturated carbocycles. The minimum Gasteiger partial charge on any atom is -0.383 e. The van der Waals surface area contributed by atoms with Crippen molar-refractivity contribution in [1.29, 1.82) is 0 Å². The first-order chi connectivity index (χ1) is 11.3. The average Bonchev–Trinajstić information content (AvgIpc) is 2.55. The lowest BCUT2D eigenvalue weighted by molar-refractivity contribution is -0.118. The lowest BCUT2D eigenvalue weighted by Crippen LogP contribution is -2.47. The molecule has 24 heavy (non-hydrogen) atoms. The molecule has 0 radical (unpaired) electrons. The van der Waals surface area contributed by atoms with Gasteiger partial charge in [0.25, 0.3) is 0 Å². The second kappa shape index (κ2) is 8.04. The largest absolute Gasteiger partial charge is 0.383 e. The first-order valence-corrected chi connectivity index (χ1v) is 9.12. The second-order valence-electron chi connectivity index (χ2n) is 5.79. The fraction of sp³-hybridized carbons (Fsp3) is 0.533. The Morgan fingerprint density at radius 1 is 1.33 bits per heavy atom. The maximum atomic E-state index is 12.7. The molecule has 134 valence electrons. The Bertz CT molecular complexity index is 672. The second-order valence-corrected chi connectivity index (χ2v) is 7.72. The number of carbonyl (C=O) groups excluding carboxylic acids is 1. The number of nitrogens with one attached hydrogen (secondary N) is 1. The summed E-state index contributed by atoms with van der Waals surface area (Å²) >= 11 is 0. The summed E-state index contributed by atoms with van der Waals surface area (Å²) in [5.41, 5.74) is 6.05. The van der Waals surface area contributed by atoms with E-state index in [-0.39, 0.29) is 11.5 Å². The summed E-state index contributed by atoms with van der Waals surface area (Å²) in [6.07, 6.45) is 0. The van der Waals surface area contributed by atoms with Crippen LogP contribution in [0.2, 0.25) is 0 Å². The summed E-state index contributed by atoms with van der Waals surface area (Å²) in [6, 6.07) is 5.39. The van der Waals surface area contributed by atoms with Gasteiger partial charge in [-0.25, -0.2) is 8.42 Å². The van der Waals surface area contributed by atoms with Crippen LogP contribution >= 0.6 is 0 Å². The number of rotatable bonds is 6. The molecule has 3 N–H and O–H groups in total. The van der Waals surface area contributed by atoms with E-state index in [4.69, 9.17) is 10.5 Å². The molecule has 8 nitrogen and oxygen atoms in total. The number of methoxy groups -OCH3 is 1. The smallest absolute Gasteiger partial charge is 0.243 e. The number of hydrogen-bond acceptors (Lipinski definition) is 6. The van der Waals surface area contributed by atoms with E-state index in [0.29, 0.717) is 31.9 Å². The molecule has 1 unspecified atom stereocenters. The molecule has 0 aliphatic carbocycles. The molecule has 0 spiro atoms. The maximum Gasteiger partial charge on any atom is 0.243 e. The molecule has 0 bridgehead atoms. The van der Waals surface area contributed by atoms with Gasteiger partial charge >= 0.3 is 0 Å². The number of ether oxygens (including phenoxy) is 1. The van der Waals surface area contributed by atoms with Gasteiger partial charge in [-0.2, -0.15) is 4.31 Å². The number of sulfonamides is 1. The molecule has 1 aliphatic rings. The monoisotopic (exact) mass is 356 g/mol. The lowest BCUT2D eigenvalue weighted by Gasteiger charge is -2.31. The molecule has 1 heterocycles. The van der Waals surface area contributed by atoms with Crippen molar-refractivity contribution in [3.63, 3.8) is 0 Å². The number of anilines is 1. The number of likely N-dealkylation sites (N-methyl/N-ethyl adjacent to an activating group) is 1. The molecule has 0 aromatic heterocycles. The highest BCUT2D eigenvalue weighted by Crippen LogP contribution is 2.20. The average molecular weight is 356 g/mol. The molecule has 9 heteroatoms. The molecule has 1 fully saturated rings. The van der Waals surface area contributed by atoms with Gasteiger partial charge in [0.15, 0.2) is 0 Å². The van der Waals surface area contributed by atoms with Crippen LogP contribution in [0.25, 0.3) is 0 Å². The van der Waals surface area contributed by atoms with Gasteiger partial charge in [-0.05, 0) is 25.2 Å². The van der Waals surface area contributed by atoms with Crippen molar-refractivity contribution in [3.05, 3.63) is 24.3 Å². The van der Waals surface area contributed by atoms with Crippen LogP contribution in [0.15, 0.2) is 29.2 Å². The number of hydrogen-bond donors (Lipinski definition) is 2. The molecule has 1 saturated heterocycles. The number of piperazine rings is 1. The summed E-state index contributed by atoms with van der Waals surface area (Å²) in [5.74, 6) is -0.425. The van der Waals surface area contributed by atoms with Crippen LogP contribution in [0.5, 0.6) is 0 Å². The molecule has 1 aromatic rings. The Morgan fingerprint density at radius 3 is 2.62 bits per heavy atom. The standard InChI is InChI=1S/C15H24N4O4S/c1-18-6-8-19(9-7-18)24(21,22)13-5-3-4-12(10-13)17-15(20)14(16)11-23-2/h3-5,10,14H,6-9,11,16H2,1-2H3,(H,17,20). The molecule has 1 amide bonds. The predicted octanol–water partition coefficient (Wildman–Crippen LogP) is -0.465. The quantitative estimate of drug-likeness (QED) is 0.714.